The molecule has 7 heteroatoms. The molecule has 0 bridgehead atoms. The van der Waals surface area contributed by atoms with Gasteiger partial charge in [-0.1, -0.05) is 0 Å². The van der Waals surface area contributed by atoms with Gasteiger partial charge in [0.05, 0.1) is 18.6 Å². The molecule has 0 saturated carbocycles. The van der Waals surface area contributed by atoms with Gasteiger partial charge >= 0.3 is 14.9 Å². The van der Waals surface area contributed by atoms with E-state index in [1.54, 1.807) is 0 Å². The molecule has 17 heavy (non-hydrogen) atoms. The number of hydrogen-bond donors (Lipinski definition) is 0. The molecule has 0 spiro atoms. The molecule has 2 nitrogen and oxygen atoms in total. The summed E-state index contributed by atoms with van der Waals surface area (Å²) < 4.78 is 45.9. The normalized spacial score (nSPS) is 19.8. The average Bonchev–Trinajstić information content (AvgIpc) is 2.49. The number of hydrogen-bond acceptors (Lipinski definition) is 1. The van der Waals surface area contributed by atoms with Crippen molar-refractivity contribution in [1.29, 1.82) is 0 Å². The Hall–Kier alpha value is 0.172. The van der Waals surface area contributed by atoms with Crippen molar-refractivity contribution in [2.24, 2.45) is 0 Å². The summed E-state index contributed by atoms with van der Waals surface area (Å²) in [4.78, 5) is 0. The van der Waals surface area contributed by atoms with Crippen molar-refractivity contribution in [3.8, 4) is 0 Å². The van der Waals surface area contributed by atoms with Crippen molar-refractivity contribution in [3.63, 3.8) is 0 Å². The zero-order valence-corrected chi connectivity index (χ0v) is 12.1. The van der Waals surface area contributed by atoms with Gasteiger partial charge in [-0.15, -0.1) is 0 Å². The largest absolute Gasteiger partial charge is 1.04 e. The lowest BCUT2D eigenvalue weighted by Crippen LogP contribution is -2.59. The van der Waals surface area contributed by atoms with Crippen LogP contribution in [0.1, 0.15) is 33.6 Å². The second-order valence-electron chi connectivity index (χ2n) is 5.38. The number of ether oxygens (including phenoxy) is 1. The third-order valence-corrected chi connectivity index (χ3v) is 3.22. The van der Waals surface area contributed by atoms with E-state index in [1.807, 2.05) is 7.11 Å². The monoisotopic (exact) mass is 275 g/mol. The second-order valence-corrected chi connectivity index (χ2v) is 6.37. The standard InChI is InChI=1S/C10H22NO.Al.4FH/c1-10(2,3)11(9-12-4)7-5-6-8-11;;;;;/h5-9H2,1-4H3;;4*1H/q+1;+3;;;;/p-4. The van der Waals surface area contributed by atoms with Crippen molar-refractivity contribution in [2.45, 2.75) is 39.2 Å². The topological polar surface area (TPSA) is 9.23 Å². The molecule has 1 heterocycles. The Morgan fingerprint density at radius 3 is 1.65 bits per heavy atom. The van der Waals surface area contributed by atoms with E-state index in [0.717, 1.165) is 11.2 Å². The van der Waals surface area contributed by atoms with Gasteiger partial charge in [0.1, 0.15) is 0 Å². The van der Waals surface area contributed by atoms with Crippen LogP contribution in [0, 0.1) is 0 Å². The van der Waals surface area contributed by atoms with Crippen molar-refractivity contribution in [3.05, 3.63) is 0 Å². The average molecular weight is 275 g/mol. The summed E-state index contributed by atoms with van der Waals surface area (Å²) in [7, 11) is 1.81. The van der Waals surface area contributed by atoms with Crippen LogP contribution in [0.4, 0.5) is 14.1 Å². The first-order chi connectivity index (χ1) is 7.52. The maximum atomic E-state index is 9.85. The van der Waals surface area contributed by atoms with Gasteiger partial charge in [0, 0.05) is 20.0 Å². The molecular formula is C10H22AlF4NO. The molecule has 104 valence electrons. The molecule has 0 unspecified atom stereocenters. The van der Waals surface area contributed by atoms with E-state index in [0.29, 0.717) is 5.54 Å². The van der Waals surface area contributed by atoms with Crippen molar-refractivity contribution in [2.75, 3.05) is 26.9 Å². The molecule has 0 aromatic carbocycles. The van der Waals surface area contributed by atoms with E-state index < -0.39 is 14.9 Å². The van der Waals surface area contributed by atoms with Crippen LogP contribution in [0.3, 0.4) is 0 Å². The van der Waals surface area contributed by atoms with Gasteiger partial charge in [0.2, 0.25) is 0 Å². The lowest BCUT2D eigenvalue weighted by atomic mass is 10.0. The third kappa shape index (κ3) is 6.61. The summed E-state index contributed by atoms with van der Waals surface area (Å²) in [5.74, 6) is 0. The van der Waals surface area contributed by atoms with Crippen LogP contribution in [-0.2, 0) is 4.74 Å². The maximum absolute atomic E-state index is 9.85. The van der Waals surface area contributed by atoms with Crippen LogP contribution in [0.5, 0.6) is 0 Å². The molecule has 0 amide bonds. The smallest absolute Gasteiger partial charge is 0.510 e. The van der Waals surface area contributed by atoms with Crippen LogP contribution in [0.2, 0.25) is 0 Å². The van der Waals surface area contributed by atoms with Crippen molar-refractivity contribution in [1.82, 2.24) is 0 Å². The summed E-state index contributed by atoms with van der Waals surface area (Å²) in [6.45, 7) is 10.4. The van der Waals surface area contributed by atoms with Gasteiger partial charge in [0.25, 0.3) is 0 Å². The molecule has 0 aromatic rings. The van der Waals surface area contributed by atoms with E-state index in [1.165, 1.54) is 25.9 Å². The first kappa shape index (κ1) is 17.2. The molecule has 1 fully saturated rings. The molecule has 0 aromatic heterocycles. The number of rotatable bonds is 2. The van der Waals surface area contributed by atoms with Gasteiger partial charge in [-0.2, -0.15) is 0 Å². The van der Waals surface area contributed by atoms with Crippen LogP contribution in [0.15, 0.2) is 0 Å². The number of halogens is 4. The Morgan fingerprint density at radius 2 is 1.41 bits per heavy atom. The molecule has 0 atom stereocenters. The molecule has 1 aliphatic heterocycles. The van der Waals surface area contributed by atoms with Crippen LogP contribution >= 0.6 is 0 Å². The van der Waals surface area contributed by atoms with Crippen molar-refractivity contribution < 1.29 is 23.3 Å². The van der Waals surface area contributed by atoms with Crippen LogP contribution in [0.25, 0.3) is 0 Å². The molecule has 0 radical (unpaired) electrons. The van der Waals surface area contributed by atoms with Gasteiger partial charge < -0.3 is 18.8 Å². The minimum Gasteiger partial charge on any atom is -0.510 e. The lowest BCUT2D eigenvalue weighted by molar-refractivity contribution is -0.976. The molecular weight excluding hydrogens is 253 g/mol. The van der Waals surface area contributed by atoms with E-state index in [2.05, 4.69) is 20.8 Å². The summed E-state index contributed by atoms with van der Waals surface area (Å²) in [5, 5.41) is 0. The summed E-state index contributed by atoms with van der Waals surface area (Å²) in [5.41, 5.74) is 0.340. The Kier molecular flexibility index (Phi) is 6.44. The third-order valence-electron chi connectivity index (χ3n) is 3.22. The van der Waals surface area contributed by atoms with E-state index in [-0.39, 0.29) is 0 Å². The highest BCUT2D eigenvalue weighted by molar-refractivity contribution is 6.50. The minimum absolute atomic E-state index is 0.340. The fourth-order valence-corrected chi connectivity index (χ4v) is 2.18. The SMILES string of the molecule is COC[N+]1(C(C)(C)C)CCCC1.[F][Al-]([F])([F])[F]. The van der Waals surface area contributed by atoms with Crippen LogP contribution in [-0.4, -0.2) is 51.9 Å². The molecule has 1 saturated heterocycles. The highest BCUT2D eigenvalue weighted by atomic mass is 27.5. The van der Waals surface area contributed by atoms with Crippen molar-refractivity contribution >= 4 is 14.9 Å². The first-order valence-electron chi connectivity index (χ1n) is 5.74. The summed E-state index contributed by atoms with van der Waals surface area (Å²) in [6.07, 6.45) is 2.72. The van der Waals surface area contributed by atoms with Gasteiger partial charge in [0.15, 0.2) is 6.73 Å². The predicted molar refractivity (Wildman–Crippen MR) is 61.0 cm³/mol. The summed E-state index contributed by atoms with van der Waals surface area (Å²) >= 11 is -6.83. The lowest BCUT2D eigenvalue weighted by Gasteiger charge is -2.44. The van der Waals surface area contributed by atoms with E-state index in [4.69, 9.17) is 4.74 Å². The van der Waals surface area contributed by atoms with E-state index >= 15 is 0 Å². The maximum Gasteiger partial charge on any atom is 1.04 e. The first-order valence-corrected chi connectivity index (χ1v) is 7.49. The van der Waals surface area contributed by atoms with Gasteiger partial charge in [-0.25, -0.2) is 0 Å². The quantitative estimate of drug-likeness (QED) is 0.427. The fourth-order valence-electron chi connectivity index (χ4n) is 2.18. The second kappa shape index (κ2) is 6.37. The number of quaternary nitrogens is 1. The molecule has 0 aliphatic carbocycles. The zero-order valence-electron chi connectivity index (χ0n) is 11.0. The van der Waals surface area contributed by atoms with E-state index in [9.17, 15) is 14.1 Å². The molecule has 1 aliphatic rings. The Balaban J connectivity index is 0.000000437. The predicted octanol–water partition coefficient (Wildman–Crippen LogP) is 3.30. The number of methoxy groups -OCH3 is 1. The van der Waals surface area contributed by atoms with Crippen LogP contribution < -0.4 is 0 Å². The number of nitrogens with zero attached hydrogens (tertiary/aromatic N) is 1. The minimum atomic E-state index is -6.83. The fraction of sp³-hybridized carbons (Fsp3) is 1.00. The van der Waals surface area contributed by atoms with Gasteiger partial charge in [-0.05, 0) is 20.8 Å². The van der Waals surface area contributed by atoms with Gasteiger partial charge in [-0.3, -0.25) is 4.48 Å². The Morgan fingerprint density at radius 1 is 1.06 bits per heavy atom. The zero-order chi connectivity index (χ0) is 13.7. The number of likely N-dealkylation sites (tertiary alicyclic amines) is 1. The highest BCUT2D eigenvalue weighted by Crippen LogP contribution is 2.30. The Bertz CT molecular complexity index is 215. The molecule has 0 N–H and O–H groups in total. The Labute approximate surface area is 105 Å². The summed E-state index contributed by atoms with van der Waals surface area (Å²) in [6, 6.07) is 0. The highest BCUT2D eigenvalue weighted by Gasteiger charge is 2.42. The molecule has 1 rings (SSSR count).